The average Bonchev–Trinajstić information content (AvgIpc) is 2.78. The summed E-state index contributed by atoms with van der Waals surface area (Å²) in [4.78, 5) is 11.8. The molecule has 5 nitrogen and oxygen atoms in total. The van der Waals surface area contributed by atoms with Crippen LogP contribution in [0.2, 0.25) is 0 Å². The molecule has 1 aromatic heterocycles. The van der Waals surface area contributed by atoms with Crippen molar-refractivity contribution in [2.24, 2.45) is 0 Å². The van der Waals surface area contributed by atoms with Crippen LogP contribution in [-0.2, 0) is 6.54 Å². The molecular formula is C13H15FN4O. The minimum absolute atomic E-state index is 0.0555. The van der Waals surface area contributed by atoms with Crippen LogP contribution in [0.4, 0.5) is 10.1 Å². The number of rotatable bonds is 4. The van der Waals surface area contributed by atoms with Gasteiger partial charge in [-0.25, -0.2) is 4.39 Å². The number of carbonyl (C=O) groups is 1. The SMILES string of the molecule is Cc1ccc(F)c(C(=O)NCCn2cc(N)cn2)c1. The summed E-state index contributed by atoms with van der Waals surface area (Å²) in [6, 6.07) is 4.44. The fourth-order valence-electron chi connectivity index (χ4n) is 1.69. The van der Waals surface area contributed by atoms with E-state index in [0.29, 0.717) is 18.8 Å². The molecule has 6 heteroatoms. The Morgan fingerprint density at radius 2 is 2.32 bits per heavy atom. The van der Waals surface area contributed by atoms with E-state index in [-0.39, 0.29) is 5.56 Å². The topological polar surface area (TPSA) is 72.9 Å². The normalized spacial score (nSPS) is 10.4. The van der Waals surface area contributed by atoms with E-state index in [4.69, 9.17) is 5.73 Å². The largest absolute Gasteiger partial charge is 0.396 e. The van der Waals surface area contributed by atoms with Crippen molar-refractivity contribution >= 4 is 11.6 Å². The quantitative estimate of drug-likeness (QED) is 0.873. The summed E-state index contributed by atoms with van der Waals surface area (Å²) in [5.41, 5.74) is 6.98. The summed E-state index contributed by atoms with van der Waals surface area (Å²) in [5.74, 6) is -0.951. The first-order valence-electron chi connectivity index (χ1n) is 5.88. The smallest absolute Gasteiger partial charge is 0.254 e. The molecule has 0 saturated heterocycles. The third-order valence-electron chi connectivity index (χ3n) is 2.65. The van der Waals surface area contributed by atoms with Gasteiger partial charge in [0.2, 0.25) is 0 Å². The van der Waals surface area contributed by atoms with Gasteiger partial charge >= 0.3 is 0 Å². The molecular weight excluding hydrogens is 247 g/mol. The second kappa shape index (κ2) is 5.51. The molecule has 0 aliphatic heterocycles. The number of nitrogens with one attached hydrogen (secondary N) is 1. The summed E-state index contributed by atoms with van der Waals surface area (Å²) >= 11 is 0. The fourth-order valence-corrected chi connectivity index (χ4v) is 1.69. The van der Waals surface area contributed by atoms with Crippen LogP contribution in [0.25, 0.3) is 0 Å². The molecule has 0 unspecified atom stereocenters. The van der Waals surface area contributed by atoms with E-state index in [1.54, 1.807) is 16.9 Å². The van der Waals surface area contributed by atoms with Crippen molar-refractivity contribution in [2.75, 3.05) is 12.3 Å². The van der Waals surface area contributed by atoms with Crippen LogP contribution in [0, 0.1) is 12.7 Å². The van der Waals surface area contributed by atoms with Gasteiger partial charge in [-0.1, -0.05) is 11.6 Å². The molecule has 0 spiro atoms. The highest BCUT2D eigenvalue weighted by Gasteiger charge is 2.11. The summed E-state index contributed by atoms with van der Waals surface area (Å²) < 4.78 is 15.1. The molecule has 2 rings (SSSR count). The number of carbonyl (C=O) groups excluding carboxylic acids is 1. The molecule has 100 valence electrons. The number of amides is 1. The number of nitrogen functional groups attached to an aromatic ring is 1. The average molecular weight is 262 g/mol. The zero-order chi connectivity index (χ0) is 13.8. The zero-order valence-corrected chi connectivity index (χ0v) is 10.6. The summed E-state index contributed by atoms with van der Waals surface area (Å²) in [7, 11) is 0. The number of aromatic nitrogens is 2. The Balaban J connectivity index is 1.92. The Bertz CT molecular complexity index is 594. The zero-order valence-electron chi connectivity index (χ0n) is 10.6. The maximum absolute atomic E-state index is 13.5. The van der Waals surface area contributed by atoms with E-state index >= 15 is 0 Å². The van der Waals surface area contributed by atoms with Crippen molar-refractivity contribution in [3.05, 3.63) is 47.5 Å². The number of anilines is 1. The number of halogens is 1. The molecule has 3 N–H and O–H groups in total. The maximum Gasteiger partial charge on any atom is 0.254 e. The molecule has 0 bridgehead atoms. The molecule has 1 aromatic carbocycles. The van der Waals surface area contributed by atoms with Crippen LogP contribution in [0.1, 0.15) is 15.9 Å². The Labute approximate surface area is 110 Å². The summed E-state index contributed by atoms with van der Waals surface area (Å²) in [6.45, 7) is 2.65. The molecule has 0 saturated carbocycles. The predicted octanol–water partition coefficient (Wildman–Crippen LogP) is 1.34. The van der Waals surface area contributed by atoms with Gasteiger partial charge in [-0.05, 0) is 19.1 Å². The lowest BCUT2D eigenvalue weighted by atomic mass is 10.1. The molecule has 0 aliphatic rings. The Morgan fingerprint density at radius 1 is 1.53 bits per heavy atom. The van der Waals surface area contributed by atoms with Gasteiger partial charge in [-0.2, -0.15) is 5.10 Å². The molecule has 2 aromatic rings. The number of nitrogens with two attached hydrogens (primary N) is 1. The van der Waals surface area contributed by atoms with Crippen LogP contribution in [0.15, 0.2) is 30.6 Å². The molecule has 1 heterocycles. The molecule has 0 aliphatic carbocycles. The van der Waals surface area contributed by atoms with Crippen molar-refractivity contribution in [2.45, 2.75) is 13.5 Å². The number of hydrogen-bond donors (Lipinski definition) is 2. The van der Waals surface area contributed by atoms with Crippen molar-refractivity contribution < 1.29 is 9.18 Å². The molecule has 19 heavy (non-hydrogen) atoms. The van der Waals surface area contributed by atoms with Gasteiger partial charge < -0.3 is 11.1 Å². The van der Waals surface area contributed by atoms with Crippen molar-refractivity contribution in [3.63, 3.8) is 0 Å². The number of aryl methyl sites for hydroxylation is 1. The van der Waals surface area contributed by atoms with Gasteiger partial charge in [0.25, 0.3) is 5.91 Å². The van der Waals surface area contributed by atoms with E-state index in [0.717, 1.165) is 5.56 Å². The highest BCUT2D eigenvalue weighted by atomic mass is 19.1. The Hall–Kier alpha value is -2.37. The van der Waals surface area contributed by atoms with E-state index in [1.165, 1.54) is 18.3 Å². The standard InChI is InChI=1S/C13H15FN4O/c1-9-2-3-12(14)11(6-9)13(19)16-4-5-18-8-10(15)7-17-18/h2-3,6-8H,4-5,15H2,1H3,(H,16,19). The van der Waals surface area contributed by atoms with Gasteiger partial charge in [0.05, 0.1) is 24.0 Å². The van der Waals surface area contributed by atoms with Crippen LogP contribution in [-0.4, -0.2) is 22.2 Å². The van der Waals surface area contributed by atoms with E-state index in [9.17, 15) is 9.18 Å². The third-order valence-corrected chi connectivity index (χ3v) is 2.65. The van der Waals surface area contributed by atoms with Gasteiger partial charge in [0, 0.05) is 12.7 Å². The number of nitrogens with zero attached hydrogens (tertiary/aromatic N) is 2. The van der Waals surface area contributed by atoms with Gasteiger partial charge in [0.15, 0.2) is 0 Å². The third kappa shape index (κ3) is 3.31. The second-order valence-corrected chi connectivity index (χ2v) is 4.28. The minimum atomic E-state index is -0.522. The summed E-state index contributed by atoms with van der Waals surface area (Å²) in [6.07, 6.45) is 3.20. The number of hydrogen-bond acceptors (Lipinski definition) is 3. The van der Waals surface area contributed by atoms with E-state index in [1.807, 2.05) is 6.92 Å². The van der Waals surface area contributed by atoms with Crippen LogP contribution < -0.4 is 11.1 Å². The first-order valence-corrected chi connectivity index (χ1v) is 5.88. The highest BCUT2D eigenvalue weighted by Crippen LogP contribution is 2.09. The lowest BCUT2D eigenvalue weighted by Gasteiger charge is -2.07. The van der Waals surface area contributed by atoms with Crippen molar-refractivity contribution in [1.29, 1.82) is 0 Å². The monoisotopic (exact) mass is 262 g/mol. The lowest BCUT2D eigenvalue weighted by molar-refractivity contribution is 0.0948. The number of benzene rings is 1. The van der Waals surface area contributed by atoms with E-state index < -0.39 is 11.7 Å². The van der Waals surface area contributed by atoms with Crippen LogP contribution >= 0.6 is 0 Å². The van der Waals surface area contributed by atoms with Crippen LogP contribution in [0.5, 0.6) is 0 Å². The van der Waals surface area contributed by atoms with E-state index in [2.05, 4.69) is 10.4 Å². The van der Waals surface area contributed by atoms with Crippen molar-refractivity contribution in [1.82, 2.24) is 15.1 Å². The maximum atomic E-state index is 13.5. The molecule has 0 atom stereocenters. The van der Waals surface area contributed by atoms with Gasteiger partial charge in [-0.3, -0.25) is 9.48 Å². The fraction of sp³-hybridized carbons (Fsp3) is 0.231. The summed E-state index contributed by atoms with van der Waals surface area (Å²) in [5, 5.41) is 6.63. The first-order chi connectivity index (χ1) is 9.06. The first kappa shape index (κ1) is 13.1. The molecule has 0 radical (unpaired) electrons. The Morgan fingerprint density at radius 3 is 3.00 bits per heavy atom. The van der Waals surface area contributed by atoms with Crippen molar-refractivity contribution in [3.8, 4) is 0 Å². The Kier molecular flexibility index (Phi) is 3.79. The lowest BCUT2D eigenvalue weighted by Crippen LogP contribution is -2.28. The second-order valence-electron chi connectivity index (χ2n) is 4.28. The minimum Gasteiger partial charge on any atom is -0.396 e. The van der Waals surface area contributed by atoms with Gasteiger partial charge in [0.1, 0.15) is 5.82 Å². The van der Waals surface area contributed by atoms with Crippen LogP contribution in [0.3, 0.4) is 0 Å². The van der Waals surface area contributed by atoms with Gasteiger partial charge in [-0.15, -0.1) is 0 Å². The molecule has 1 amide bonds. The predicted molar refractivity (Wildman–Crippen MR) is 70.1 cm³/mol. The molecule has 0 fully saturated rings. The highest BCUT2D eigenvalue weighted by molar-refractivity contribution is 5.94.